The molecule has 0 aliphatic carbocycles. The second-order valence-corrected chi connectivity index (χ2v) is 7.06. The van der Waals surface area contributed by atoms with Gasteiger partial charge in [0.25, 0.3) is 0 Å². The van der Waals surface area contributed by atoms with Crippen molar-refractivity contribution in [2.24, 2.45) is 4.99 Å². The molecule has 8 heteroatoms. The minimum atomic E-state index is -0.348. The van der Waals surface area contributed by atoms with Gasteiger partial charge in [-0.15, -0.1) is 0 Å². The van der Waals surface area contributed by atoms with E-state index in [1.54, 1.807) is 12.1 Å². The zero-order chi connectivity index (χ0) is 19.9. The van der Waals surface area contributed by atoms with Crippen LogP contribution in [-0.2, 0) is 27.2 Å². The van der Waals surface area contributed by atoms with Gasteiger partial charge in [0.2, 0.25) is 5.91 Å². The van der Waals surface area contributed by atoms with Gasteiger partial charge in [-0.25, -0.2) is 9.98 Å². The maximum Gasteiger partial charge on any atom is 1.00 e. The molecule has 0 aromatic carbocycles. The molecule has 0 spiro atoms. The van der Waals surface area contributed by atoms with Crippen molar-refractivity contribution < 1.29 is 37.0 Å². The first-order chi connectivity index (χ1) is 13.0. The predicted molar refractivity (Wildman–Crippen MR) is 112 cm³/mol. The van der Waals surface area contributed by atoms with Gasteiger partial charge >= 0.3 is 22.4 Å². The van der Waals surface area contributed by atoms with Gasteiger partial charge in [0, 0.05) is 19.1 Å². The Morgan fingerprint density at radius 3 is 2.18 bits per heavy atom. The maximum absolute atomic E-state index is 11.2. The van der Waals surface area contributed by atoms with Gasteiger partial charge in [-0.2, -0.15) is 12.6 Å². The van der Waals surface area contributed by atoms with E-state index in [9.17, 15) is 9.90 Å². The molecule has 1 rings (SSSR count). The SMILES string of the molecule is CC(=O)Nc1cc(OCCCCCCCCCCCS)cc(N=C(C)[O-])n1.[Au+]. The van der Waals surface area contributed by atoms with Crippen LogP contribution in [0.5, 0.6) is 5.75 Å². The van der Waals surface area contributed by atoms with Crippen molar-refractivity contribution in [2.75, 3.05) is 17.7 Å². The number of carbonyl (C=O) groups is 1. The molecule has 1 aromatic rings. The van der Waals surface area contributed by atoms with Crippen molar-refractivity contribution in [3.63, 3.8) is 0 Å². The Hall–Kier alpha value is -1.02. The third kappa shape index (κ3) is 14.0. The van der Waals surface area contributed by atoms with E-state index in [0.29, 0.717) is 18.2 Å². The minimum absolute atomic E-state index is 0. The second-order valence-electron chi connectivity index (χ2n) is 6.61. The number of nitrogens with zero attached hydrogens (tertiary/aromatic N) is 2. The van der Waals surface area contributed by atoms with Crippen molar-refractivity contribution in [2.45, 2.75) is 71.6 Å². The van der Waals surface area contributed by atoms with Gasteiger partial charge in [-0.1, -0.05) is 44.9 Å². The number of aliphatic imine (C=N–C) groups is 1. The molecule has 0 fully saturated rings. The summed E-state index contributed by atoms with van der Waals surface area (Å²) in [6, 6.07) is 3.25. The van der Waals surface area contributed by atoms with Crippen LogP contribution in [0.3, 0.4) is 0 Å². The molecule has 0 radical (unpaired) electrons. The molecule has 28 heavy (non-hydrogen) atoms. The number of amides is 1. The average Bonchev–Trinajstić information content (AvgIpc) is 2.58. The number of aromatic nitrogens is 1. The van der Waals surface area contributed by atoms with Gasteiger partial charge in [-0.05, 0) is 31.4 Å². The average molecular weight is 592 g/mol. The van der Waals surface area contributed by atoms with Gasteiger partial charge in [0.1, 0.15) is 11.6 Å². The number of hydrogen-bond acceptors (Lipinski definition) is 6. The molecule has 0 atom stereocenters. The molecule has 0 saturated heterocycles. The minimum Gasteiger partial charge on any atom is -0.862 e. The first kappa shape index (κ1) is 27.0. The molecule has 1 amide bonds. The molecule has 0 saturated carbocycles. The van der Waals surface area contributed by atoms with Crippen LogP contribution in [0.25, 0.3) is 0 Å². The van der Waals surface area contributed by atoms with Crippen LogP contribution in [0, 0.1) is 0 Å². The summed E-state index contributed by atoms with van der Waals surface area (Å²) in [5.41, 5.74) is 0. The topological polar surface area (TPSA) is 86.6 Å². The number of pyridine rings is 1. The van der Waals surface area contributed by atoms with E-state index in [2.05, 4.69) is 27.9 Å². The number of nitrogens with one attached hydrogen (secondary N) is 1. The van der Waals surface area contributed by atoms with Crippen molar-refractivity contribution >= 4 is 36.1 Å². The third-order valence-electron chi connectivity index (χ3n) is 3.93. The van der Waals surface area contributed by atoms with Gasteiger partial charge in [0.15, 0.2) is 5.82 Å². The standard InChI is InChI=1S/C20H33N3O3S.Au/c1-16(24)21-19-14-18(15-20(23-19)22-17(2)25)26-12-10-8-6-4-3-5-7-9-11-13-27;/h14-15,27H,3-13H2,1-2H3,(H2,21,22,23,24,25);/q;+1/p-1. The van der Waals surface area contributed by atoms with E-state index in [1.807, 2.05) is 0 Å². The summed E-state index contributed by atoms with van der Waals surface area (Å²) < 4.78 is 5.75. The molecule has 0 aliphatic heterocycles. The summed E-state index contributed by atoms with van der Waals surface area (Å²) in [5, 5.41) is 13.8. The number of anilines is 1. The van der Waals surface area contributed by atoms with Crippen LogP contribution in [-0.4, -0.2) is 29.1 Å². The number of unbranched alkanes of at least 4 members (excludes halogenated alkanes) is 8. The van der Waals surface area contributed by atoms with E-state index < -0.39 is 0 Å². The summed E-state index contributed by atoms with van der Waals surface area (Å²) >= 11 is 4.22. The molecule has 1 aromatic heterocycles. The molecular weight excluding hydrogens is 559 g/mol. The quantitative estimate of drug-likeness (QED) is 0.111. The van der Waals surface area contributed by atoms with Crippen LogP contribution in [0.1, 0.15) is 71.6 Å². The third-order valence-corrected chi connectivity index (χ3v) is 4.25. The molecule has 1 heterocycles. The molecule has 0 bridgehead atoms. The van der Waals surface area contributed by atoms with E-state index in [-0.39, 0.29) is 40.0 Å². The van der Waals surface area contributed by atoms with E-state index >= 15 is 0 Å². The monoisotopic (exact) mass is 591 g/mol. The molecule has 0 aliphatic rings. The first-order valence-electron chi connectivity index (χ1n) is 9.77. The fourth-order valence-corrected chi connectivity index (χ4v) is 2.90. The van der Waals surface area contributed by atoms with Crippen LogP contribution in [0.2, 0.25) is 0 Å². The molecule has 1 N–H and O–H groups in total. The van der Waals surface area contributed by atoms with Crippen molar-refractivity contribution in [3.05, 3.63) is 12.1 Å². The van der Waals surface area contributed by atoms with Crippen LogP contribution >= 0.6 is 12.6 Å². The maximum atomic E-state index is 11.2. The van der Waals surface area contributed by atoms with Crippen LogP contribution < -0.4 is 15.2 Å². The zero-order valence-electron chi connectivity index (χ0n) is 16.8. The van der Waals surface area contributed by atoms with Crippen LogP contribution in [0.15, 0.2) is 17.1 Å². The van der Waals surface area contributed by atoms with Gasteiger partial charge in [-0.3, -0.25) is 4.79 Å². The Kier molecular flexibility index (Phi) is 16.3. The van der Waals surface area contributed by atoms with E-state index in [0.717, 1.165) is 18.6 Å². The Bertz CT molecular complexity index is 596. The summed E-state index contributed by atoms with van der Waals surface area (Å²) in [4.78, 5) is 19.1. The van der Waals surface area contributed by atoms with Crippen molar-refractivity contribution in [1.82, 2.24) is 4.98 Å². The van der Waals surface area contributed by atoms with Crippen LogP contribution in [0.4, 0.5) is 11.6 Å². The first-order valence-corrected chi connectivity index (χ1v) is 10.4. The number of carbonyl (C=O) groups excluding carboxylic acids is 1. The molecule has 162 valence electrons. The Morgan fingerprint density at radius 2 is 1.64 bits per heavy atom. The Labute approximate surface area is 189 Å². The normalized spacial score (nSPS) is 11.0. The van der Waals surface area contributed by atoms with Gasteiger partial charge < -0.3 is 15.2 Å². The smallest absolute Gasteiger partial charge is 0.862 e. The number of rotatable bonds is 14. The van der Waals surface area contributed by atoms with E-state index in [4.69, 9.17) is 4.74 Å². The molecule has 0 unspecified atom stereocenters. The van der Waals surface area contributed by atoms with E-state index in [1.165, 1.54) is 58.8 Å². The fourth-order valence-electron chi connectivity index (χ4n) is 2.68. The number of hydrogen-bond donors (Lipinski definition) is 2. The molecular formula is C20H32AuN3O3S. The summed E-state index contributed by atoms with van der Waals surface area (Å²) in [6.45, 7) is 3.34. The second kappa shape index (κ2) is 16.9. The zero-order valence-corrected chi connectivity index (χ0v) is 19.9. The fraction of sp³-hybridized carbons (Fsp3) is 0.650. The summed E-state index contributed by atoms with van der Waals surface area (Å²) in [5.74, 6) is 1.53. The predicted octanol–water partition coefficient (Wildman–Crippen LogP) is 4.27. The van der Waals surface area contributed by atoms with Crippen molar-refractivity contribution in [3.8, 4) is 5.75 Å². The summed E-state index contributed by atoms with van der Waals surface area (Å²) in [6.07, 6.45) is 11.0. The molecule has 6 nitrogen and oxygen atoms in total. The number of thiol groups is 1. The largest absolute Gasteiger partial charge is 1.00 e. The van der Waals surface area contributed by atoms with Gasteiger partial charge in [0.05, 0.1) is 6.61 Å². The summed E-state index contributed by atoms with van der Waals surface area (Å²) in [7, 11) is 0. The Balaban J connectivity index is 0.00000729. The van der Waals surface area contributed by atoms with Crippen molar-refractivity contribution in [1.29, 1.82) is 0 Å². The number of ether oxygens (including phenoxy) is 1. The Morgan fingerprint density at radius 1 is 1.07 bits per heavy atom.